The summed E-state index contributed by atoms with van der Waals surface area (Å²) < 4.78 is 44.8. The lowest BCUT2D eigenvalue weighted by molar-refractivity contribution is 0.128. The first-order chi connectivity index (χ1) is 14.7. The Morgan fingerprint density at radius 2 is 1.87 bits per heavy atom. The Labute approximate surface area is 177 Å². The van der Waals surface area contributed by atoms with Gasteiger partial charge in [-0.15, -0.1) is 10.2 Å². The summed E-state index contributed by atoms with van der Waals surface area (Å²) in [5, 5.41) is 12.6. The third kappa shape index (κ3) is 2.85. The summed E-state index contributed by atoms with van der Waals surface area (Å²) in [7, 11) is 0. The normalized spacial score (nSPS) is 14.6. The van der Waals surface area contributed by atoms with Gasteiger partial charge in [-0.25, -0.2) is 13.2 Å². The lowest BCUT2D eigenvalue weighted by Gasteiger charge is -2.35. The number of fused-ring (bicyclic) bond motifs is 4. The van der Waals surface area contributed by atoms with E-state index in [9.17, 15) is 8.78 Å². The Hall–Kier alpha value is -3.29. The monoisotopic (exact) mass is 425 g/mol. The van der Waals surface area contributed by atoms with Gasteiger partial charge in [0.25, 0.3) is 6.43 Å². The zero-order valence-corrected chi connectivity index (χ0v) is 17.7. The molecule has 31 heavy (non-hydrogen) atoms. The minimum Gasteiger partial charge on any atom is -0.369 e. The Morgan fingerprint density at radius 3 is 2.61 bits per heavy atom. The maximum Gasteiger partial charge on any atom is 0.256 e. The van der Waals surface area contributed by atoms with Crippen LogP contribution < -0.4 is 5.32 Å². The Balaban J connectivity index is 1.77. The molecule has 0 atom stereocenters. The van der Waals surface area contributed by atoms with Crippen molar-refractivity contribution >= 4 is 16.6 Å². The summed E-state index contributed by atoms with van der Waals surface area (Å²) in [5.74, 6) is 0.997. The Kier molecular flexibility index (Phi) is 4.19. The Bertz CT molecular complexity index is 1330. The predicted molar refractivity (Wildman–Crippen MR) is 114 cm³/mol. The molecule has 0 spiro atoms. The van der Waals surface area contributed by atoms with Gasteiger partial charge in [0.1, 0.15) is 11.6 Å². The van der Waals surface area contributed by atoms with Gasteiger partial charge < -0.3 is 9.88 Å². The SMILES string of the molecule is Cc1c(-c2cccc3c2ccn3CC(F)F)cc(F)c2c1-n1c(C)nnc1C(C)(C)N2. The highest BCUT2D eigenvalue weighted by molar-refractivity contribution is 5.97. The largest absolute Gasteiger partial charge is 0.369 e. The molecule has 2 aromatic carbocycles. The summed E-state index contributed by atoms with van der Waals surface area (Å²) >= 11 is 0. The molecule has 1 aliphatic heterocycles. The van der Waals surface area contributed by atoms with Gasteiger partial charge in [-0.1, -0.05) is 12.1 Å². The van der Waals surface area contributed by atoms with Crippen LogP contribution in [0, 0.1) is 19.7 Å². The number of nitrogens with one attached hydrogen (secondary N) is 1. The highest BCUT2D eigenvalue weighted by atomic mass is 19.3. The van der Waals surface area contributed by atoms with Crippen molar-refractivity contribution in [1.29, 1.82) is 0 Å². The molecule has 2 aromatic heterocycles. The van der Waals surface area contributed by atoms with Crippen molar-refractivity contribution in [1.82, 2.24) is 19.3 Å². The van der Waals surface area contributed by atoms with Crippen molar-refractivity contribution in [3.05, 3.63) is 59.6 Å². The number of aromatic nitrogens is 4. The molecule has 4 aromatic rings. The third-order valence-electron chi connectivity index (χ3n) is 5.99. The number of halogens is 3. The van der Waals surface area contributed by atoms with E-state index in [2.05, 4.69) is 15.5 Å². The average Bonchev–Trinajstić information content (AvgIpc) is 3.29. The van der Waals surface area contributed by atoms with E-state index in [1.807, 2.05) is 44.4 Å². The van der Waals surface area contributed by atoms with E-state index in [0.29, 0.717) is 34.1 Å². The van der Waals surface area contributed by atoms with Gasteiger partial charge in [0, 0.05) is 17.1 Å². The lowest BCUT2D eigenvalue weighted by atomic mass is 9.92. The summed E-state index contributed by atoms with van der Waals surface area (Å²) in [6.07, 6.45) is -0.803. The number of nitrogens with zero attached hydrogens (tertiary/aromatic N) is 4. The molecule has 0 saturated heterocycles. The molecule has 0 bridgehead atoms. The molecular weight excluding hydrogens is 403 g/mol. The maximum absolute atomic E-state index is 15.4. The van der Waals surface area contributed by atoms with E-state index in [4.69, 9.17) is 0 Å². The molecule has 160 valence electrons. The molecular formula is C23H22F3N5. The van der Waals surface area contributed by atoms with Crippen molar-refractivity contribution in [2.24, 2.45) is 0 Å². The molecule has 0 aliphatic carbocycles. The summed E-state index contributed by atoms with van der Waals surface area (Å²) in [6.45, 7) is 7.27. The number of hydrogen-bond donors (Lipinski definition) is 1. The van der Waals surface area contributed by atoms with E-state index in [0.717, 1.165) is 16.5 Å². The zero-order valence-electron chi connectivity index (χ0n) is 17.7. The number of aryl methyl sites for hydroxylation is 1. The molecule has 0 saturated carbocycles. The van der Waals surface area contributed by atoms with E-state index in [1.54, 1.807) is 18.3 Å². The summed E-state index contributed by atoms with van der Waals surface area (Å²) in [5.41, 5.74) is 3.54. The van der Waals surface area contributed by atoms with Crippen LogP contribution in [0.15, 0.2) is 36.5 Å². The van der Waals surface area contributed by atoms with Crippen molar-refractivity contribution < 1.29 is 13.2 Å². The summed E-state index contributed by atoms with van der Waals surface area (Å²) in [6, 6.07) is 8.83. The van der Waals surface area contributed by atoms with Crippen LogP contribution in [0.25, 0.3) is 27.7 Å². The van der Waals surface area contributed by atoms with Gasteiger partial charge in [0.15, 0.2) is 5.82 Å². The minimum atomic E-state index is -2.45. The molecule has 0 unspecified atom stereocenters. The molecule has 5 nitrogen and oxygen atoms in total. The fourth-order valence-electron chi connectivity index (χ4n) is 4.58. The van der Waals surface area contributed by atoms with Crippen LogP contribution >= 0.6 is 0 Å². The minimum absolute atomic E-state index is 0.382. The zero-order chi connectivity index (χ0) is 22.1. The van der Waals surface area contributed by atoms with Crippen LogP contribution in [0.1, 0.15) is 31.1 Å². The first-order valence-corrected chi connectivity index (χ1v) is 10.1. The van der Waals surface area contributed by atoms with Gasteiger partial charge in [0.2, 0.25) is 0 Å². The average molecular weight is 425 g/mol. The molecule has 3 heterocycles. The highest BCUT2D eigenvalue weighted by Gasteiger charge is 2.37. The molecule has 5 rings (SSSR count). The van der Waals surface area contributed by atoms with Crippen LogP contribution in [-0.4, -0.2) is 25.8 Å². The highest BCUT2D eigenvalue weighted by Crippen LogP contribution is 2.44. The van der Waals surface area contributed by atoms with Crippen molar-refractivity contribution in [2.75, 3.05) is 5.32 Å². The number of anilines is 1. The van der Waals surface area contributed by atoms with Crippen LogP contribution in [0.4, 0.5) is 18.9 Å². The van der Waals surface area contributed by atoms with Crippen molar-refractivity contribution in [3.8, 4) is 16.8 Å². The van der Waals surface area contributed by atoms with Gasteiger partial charge in [-0.2, -0.15) is 0 Å². The second-order valence-corrected chi connectivity index (χ2v) is 8.51. The smallest absolute Gasteiger partial charge is 0.256 e. The van der Waals surface area contributed by atoms with E-state index in [1.165, 1.54) is 10.6 Å². The standard InChI is InChI=1S/C23H22F3N5/c1-12-16(14-6-5-7-18-15(14)8-9-30(18)11-19(25)26)10-17(24)20-21(12)31-13(2)28-29-22(31)23(3,4)27-20/h5-10,19,27H,11H2,1-4H3. The topological polar surface area (TPSA) is 47.7 Å². The van der Waals surface area contributed by atoms with Crippen LogP contribution in [0.5, 0.6) is 0 Å². The quantitative estimate of drug-likeness (QED) is 0.467. The van der Waals surface area contributed by atoms with Gasteiger partial charge >= 0.3 is 0 Å². The molecule has 1 N–H and O–H groups in total. The van der Waals surface area contributed by atoms with Crippen LogP contribution in [-0.2, 0) is 12.1 Å². The molecule has 0 amide bonds. The van der Waals surface area contributed by atoms with Gasteiger partial charge in [0.05, 0.1) is 23.5 Å². The Morgan fingerprint density at radius 1 is 1.10 bits per heavy atom. The predicted octanol–water partition coefficient (Wildman–Crippen LogP) is 5.57. The number of alkyl halides is 2. The molecule has 1 aliphatic rings. The second kappa shape index (κ2) is 6.60. The fourth-order valence-corrected chi connectivity index (χ4v) is 4.58. The maximum atomic E-state index is 15.4. The second-order valence-electron chi connectivity index (χ2n) is 8.51. The van der Waals surface area contributed by atoms with E-state index >= 15 is 4.39 Å². The fraction of sp³-hybridized carbons (Fsp3) is 0.304. The first-order valence-electron chi connectivity index (χ1n) is 10.1. The van der Waals surface area contributed by atoms with E-state index < -0.39 is 12.0 Å². The summed E-state index contributed by atoms with van der Waals surface area (Å²) in [4.78, 5) is 0. The van der Waals surface area contributed by atoms with Crippen molar-refractivity contribution in [3.63, 3.8) is 0 Å². The van der Waals surface area contributed by atoms with Crippen LogP contribution in [0.3, 0.4) is 0 Å². The van der Waals surface area contributed by atoms with Gasteiger partial charge in [-0.3, -0.25) is 4.57 Å². The number of rotatable bonds is 3. The number of benzene rings is 2. The first kappa shape index (κ1) is 19.7. The molecule has 8 heteroatoms. The van der Waals surface area contributed by atoms with Crippen LogP contribution in [0.2, 0.25) is 0 Å². The molecule has 0 radical (unpaired) electrons. The molecule has 0 fully saturated rings. The third-order valence-corrected chi connectivity index (χ3v) is 5.99. The van der Waals surface area contributed by atoms with E-state index in [-0.39, 0.29) is 12.4 Å². The lowest BCUT2D eigenvalue weighted by Crippen LogP contribution is -2.37. The number of hydrogen-bond acceptors (Lipinski definition) is 3. The van der Waals surface area contributed by atoms with Crippen molar-refractivity contribution in [2.45, 2.75) is 46.2 Å². The van der Waals surface area contributed by atoms with Gasteiger partial charge in [-0.05, 0) is 62.6 Å².